The van der Waals surface area contributed by atoms with Gasteiger partial charge in [-0.2, -0.15) is 0 Å². The first-order valence-electron chi connectivity index (χ1n) is 11.1. The van der Waals surface area contributed by atoms with Gasteiger partial charge in [-0.15, -0.1) is 0 Å². The van der Waals surface area contributed by atoms with Crippen molar-refractivity contribution in [1.82, 2.24) is 9.55 Å². The molecular formula is C30H24N2O. The standard InChI is InChI=1S/C30H24N2O/c33-22-21-29-31-28(24-13-5-1-6-14-24)23-32(29)30(25-15-7-2-8-16-25,26-17-9-3-10-18-26)27-19-11-4-12-20-27/h1-20,22-23H,21H2. The van der Waals surface area contributed by atoms with Gasteiger partial charge in [-0.25, -0.2) is 4.98 Å². The van der Waals surface area contributed by atoms with E-state index >= 15 is 0 Å². The van der Waals surface area contributed by atoms with E-state index in [9.17, 15) is 4.79 Å². The molecule has 160 valence electrons. The van der Waals surface area contributed by atoms with E-state index in [1.54, 1.807) is 0 Å². The van der Waals surface area contributed by atoms with E-state index in [1.807, 2.05) is 48.5 Å². The maximum Gasteiger partial charge on any atom is 0.127 e. The van der Waals surface area contributed by atoms with Crippen molar-refractivity contribution in [1.29, 1.82) is 0 Å². The third kappa shape index (κ3) is 3.68. The molecule has 4 aromatic carbocycles. The fraction of sp³-hybridized carbons (Fsp3) is 0.0667. The smallest absolute Gasteiger partial charge is 0.127 e. The molecule has 0 bridgehead atoms. The molecule has 0 saturated carbocycles. The summed E-state index contributed by atoms with van der Waals surface area (Å²) < 4.78 is 2.18. The second-order valence-corrected chi connectivity index (χ2v) is 7.96. The monoisotopic (exact) mass is 428 g/mol. The molecule has 33 heavy (non-hydrogen) atoms. The largest absolute Gasteiger partial charge is 0.315 e. The summed E-state index contributed by atoms with van der Waals surface area (Å²) in [5.41, 5.74) is 4.48. The van der Waals surface area contributed by atoms with E-state index in [2.05, 4.69) is 83.6 Å². The second-order valence-electron chi connectivity index (χ2n) is 7.96. The lowest BCUT2D eigenvalue weighted by Crippen LogP contribution is -2.38. The molecule has 0 atom stereocenters. The van der Waals surface area contributed by atoms with Gasteiger partial charge in [0.05, 0.1) is 12.1 Å². The molecule has 0 N–H and O–H groups in total. The Balaban J connectivity index is 1.90. The summed E-state index contributed by atoms with van der Waals surface area (Å²) >= 11 is 0. The fourth-order valence-corrected chi connectivity index (χ4v) is 4.63. The maximum absolute atomic E-state index is 11.8. The number of hydrogen-bond donors (Lipinski definition) is 0. The summed E-state index contributed by atoms with van der Waals surface area (Å²) in [7, 11) is 0. The normalized spacial score (nSPS) is 11.3. The second kappa shape index (κ2) is 9.09. The number of nitrogens with zero attached hydrogens (tertiary/aromatic N) is 2. The van der Waals surface area contributed by atoms with Crippen LogP contribution in [0.3, 0.4) is 0 Å². The van der Waals surface area contributed by atoms with E-state index in [4.69, 9.17) is 4.98 Å². The van der Waals surface area contributed by atoms with Gasteiger partial charge in [-0.3, -0.25) is 0 Å². The third-order valence-electron chi connectivity index (χ3n) is 6.05. The van der Waals surface area contributed by atoms with Gasteiger partial charge in [0.25, 0.3) is 0 Å². The molecule has 0 aliphatic carbocycles. The molecule has 1 heterocycles. The summed E-state index contributed by atoms with van der Waals surface area (Å²) in [5, 5.41) is 0. The topological polar surface area (TPSA) is 34.9 Å². The van der Waals surface area contributed by atoms with Gasteiger partial charge in [0.1, 0.15) is 17.6 Å². The zero-order chi connectivity index (χ0) is 22.5. The third-order valence-corrected chi connectivity index (χ3v) is 6.05. The minimum Gasteiger partial charge on any atom is -0.315 e. The van der Waals surface area contributed by atoms with Crippen LogP contribution < -0.4 is 0 Å². The fourth-order valence-electron chi connectivity index (χ4n) is 4.63. The number of rotatable bonds is 7. The summed E-state index contributed by atoms with van der Waals surface area (Å²) in [6, 6.07) is 41.4. The predicted molar refractivity (Wildman–Crippen MR) is 132 cm³/mol. The summed E-state index contributed by atoms with van der Waals surface area (Å²) in [4.78, 5) is 16.7. The number of carbonyl (C=O) groups excluding carboxylic acids is 1. The molecule has 0 amide bonds. The molecule has 5 rings (SSSR count). The van der Waals surface area contributed by atoms with Crippen LogP contribution in [0, 0.1) is 0 Å². The first-order chi connectivity index (χ1) is 16.3. The molecule has 3 heteroatoms. The molecule has 0 saturated heterocycles. The van der Waals surface area contributed by atoms with Crippen LogP contribution in [0.1, 0.15) is 22.5 Å². The number of imidazole rings is 1. The lowest BCUT2D eigenvalue weighted by molar-refractivity contribution is -0.107. The Hall–Kier alpha value is -4.24. The number of carbonyl (C=O) groups is 1. The SMILES string of the molecule is O=CCc1nc(-c2ccccc2)cn1C(c1ccccc1)(c1ccccc1)c1ccccc1. The summed E-state index contributed by atoms with van der Waals surface area (Å²) in [6.07, 6.45) is 3.24. The highest BCUT2D eigenvalue weighted by molar-refractivity contribution is 5.62. The van der Waals surface area contributed by atoms with E-state index in [1.165, 1.54) is 0 Å². The molecule has 3 nitrogen and oxygen atoms in total. The highest BCUT2D eigenvalue weighted by Gasteiger charge is 2.40. The van der Waals surface area contributed by atoms with Gasteiger partial charge >= 0.3 is 0 Å². The first-order valence-corrected chi connectivity index (χ1v) is 11.1. The van der Waals surface area contributed by atoms with Gasteiger partial charge in [0.15, 0.2) is 0 Å². The van der Waals surface area contributed by atoms with Crippen molar-refractivity contribution < 1.29 is 4.79 Å². The van der Waals surface area contributed by atoms with Crippen LogP contribution in [-0.4, -0.2) is 15.8 Å². The molecular weight excluding hydrogens is 404 g/mol. The number of hydrogen-bond acceptors (Lipinski definition) is 2. The van der Waals surface area contributed by atoms with Crippen molar-refractivity contribution >= 4 is 6.29 Å². The molecule has 0 unspecified atom stereocenters. The van der Waals surface area contributed by atoms with Crippen LogP contribution >= 0.6 is 0 Å². The zero-order valence-electron chi connectivity index (χ0n) is 18.2. The number of aromatic nitrogens is 2. The molecule has 0 aliphatic rings. The minimum absolute atomic E-state index is 0.223. The van der Waals surface area contributed by atoms with Crippen molar-refractivity contribution in [3.05, 3.63) is 150 Å². The highest BCUT2D eigenvalue weighted by Crippen LogP contribution is 2.42. The van der Waals surface area contributed by atoms with Crippen LogP contribution in [0.4, 0.5) is 0 Å². The summed E-state index contributed by atoms with van der Waals surface area (Å²) in [5.74, 6) is 0.723. The van der Waals surface area contributed by atoms with Crippen LogP contribution in [-0.2, 0) is 16.8 Å². The lowest BCUT2D eigenvalue weighted by atomic mass is 9.76. The van der Waals surface area contributed by atoms with E-state index in [-0.39, 0.29) is 6.42 Å². The van der Waals surface area contributed by atoms with Crippen LogP contribution in [0.25, 0.3) is 11.3 Å². The van der Waals surface area contributed by atoms with Crippen LogP contribution in [0.5, 0.6) is 0 Å². The Bertz CT molecular complexity index is 1230. The molecule has 0 radical (unpaired) electrons. The molecule has 0 aliphatic heterocycles. The number of aldehydes is 1. The van der Waals surface area contributed by atoms with Gasteiger partial charge in [-0.1, -0.05) is 121 Å². The average Bonchev–Trinajstić information content (AvgIpc) is 3.31. The summed E-state index contributed by atoms with van der Waals surface area (Å²) in [6.45, 7) is 0. The van der Waals surface area contributed by atoms with Gasteiger partial charge in [-0.05, 0) is 16.7 Å². The minimum atomic E-state index is -0.692. The Morgan fingerprint density at radius 2 is 1.06 bits per heavy atom. The van der Waals surface area contributed by atoms with Gasteiger partial charge in [0.2, 0.25) is 0 Å². The Kier molecular flexibility index (Phi) is 5.69. The van der Waals surface area contributed by atoms with Crippen molar-refractivity contribution in [2.75, 3.05) is 0 Å². The molecule has 1 aromatic heterocycles. The molecule has 5 aromatic rings. The Labute approximate surface area is 194 Å². The van der Waals surface area contributed by atoms with Crippen molar-refractivity contribution in [3.63, 3.8) is 0 Å². The van der Waals surface area contributed by atoms with Crippen LogP contribution in [0.15, 0.2) is 128 Å². The zero-order valence-corrected chi connectivity index (χ0v) is 18.2. The predicted octanol–water partition coefficient (Wildman–Crippen LogP) is 6.13. The lowest BCUT2D eigenvalue weighted by Gasteiger charge is -2.38. The molecule has 0 spiro atoms. The first kappa shape index (κ1) is 20.7. The average molecular weight is 429 g/mol. The highest BCUT2D eigenvalue weighted by atomic mass is 16.1. The van der Waals surface area contributed by atoms with Gasteiger partial charge in [0, 0.05) is 11.8 Å². The quantitative estimate of drug-likeness (QED) is 0.231. The van der Waals surface area contributed by atoms with Crippen molar-refractivity contribution in [3.8, 4) is 11.3 Å². The van der Waals surface area contributed by atoms with E-state index < -0.39 is 5.54 Å². The van der Waals surface area contributed by atoms with E-state index in [0.717, 1.165) is 40.1 Å². The van der Waals surface area contributed by atoms with Gasteiger partial charge < -0.3 is 9.36 Å². The Morgan fingerprint density at radius 3 is 1.48 bits per heavy atom. The van der Waals surface area contributed by atoms with Crippen LogP contribution in [0.2, 0.25) is 0 Å². The molecule has 0 fully saturated rings. The van der Waals surface area contributed by atoms with Crippen molar-refractivity contribution in [2.45, 2.75) is 12.0 Å². The van der Waals surface area contributed by atoms with E-state index in [0.29, 0.717) is 0 Å². The Morgan fingerprint density at radius 1 is 0.636 bits per heavy atom. The van der Waals surface area contributed by atoms with Crippen molar-refractivity contribution in [2.24, 2.45) is 0 Å². The number of benzene rings is 4. The maximum atomic E-state index is 11.8.